The van der Waals surface area contributed by atoms with E-state index in [4.69, 9.17) is 0 Å². The predicted octanol–water partition coefficient (Wildman–Crippen LogP) is 3.14. The number of aryl methyl sites for hydroxylation is 1. The molecule has 3 N–H and O–H groups in total. The van der Waals surface area contributed by atoms with Crippen LogP contribution < -0.4 is 5.43 Å². The van der Waals surface area contributed by atoms with Gasteiger partial charge in [-0.1, -0.05) is 15.9 Å². The van der Waals surface area contributed by atoms with Crippen LogP contribution in [0.1, 0.15) is 5.56 Å². The van der Waals surface area contributed by atoms with Gasteiger partial charge in [-0.25, -0.2) is 5.43 Å². The van der Waals surface area contributed by atoms with E-state index in [0.717, 1.165) is 15.4 Å². The van der Waals surface area contributed by atoms with Crippen molar-refractivity contribution in [1.29, 1.82) is 0 Å². The maximum absolute atomic E-state index is 9.73. The molecular weight excluding hydrogens is 400 g/mol. The molecule has 8 nitrogen and oxygen atoms in total. The van der Waals surface area contributed by atoms with E-state index in [-0.39, 0.29) is 17.4 Å². The fourth-order valence-corrected chi connectivity index (χ4v) is 3.04. The first-order valence-electron chi connectivity index (χ1n) is 7.62. The van der Waals surface area contributed by atoms with Crippen molar-refractivity contribution in [3.63, 3.8) is 0 Å². The monoisotopic (exact) mass is 412 g/mol. The molecule has 0 saturated heterocycles. The lowest BCUT2D eigenvalue weighted by molar-refractivity contribution is 0.459. The number of hydrogen-bond acceptors (Lipinski definition) is 7. The van der Waals surface area contributed by atoms with Gasteiger partial charge in [-0.05, 0) is 36.4 Å². The van der Waals surface area contributed by atoms with E-state index in [1.165, 1.54) is 24.4 Å². The fraction of sp³-hybridized carbons (Fsp3) is 0.0588. The van der Waals surface area contributed by atoms with Gasteiger partial charge in [0, 0.05) is 22.5 Å². The van der Waals surface area contributed by atoms with E-state index in [2.05, 4.69) is 41.6 Å². The van der Waals surface area contributed by atoms with Crippen molar-refractivity contribution >= 4 is 50.2 Å². The fourth-order valence-electron chi connectivity index (χ4n) is 2.68. The van der Waals surface area contributed by atoms with Crippen LogP contribution in [-0.2, 0) is 7.05 Å². The standard InChI is InChI=1S/C17H13BrN6O2/c1-24-13-4-2-10(18)7-12(13)15-16(24)20-17(23-21-15)22-19-8-9-6-11(25)3-5-14(9)26/h2-8,25-26H,1H3,(H,20,22,23). The molecule has 0 aliphatic rings. The van der Waals surface area contributed by atoms with Crippen LogP contribution in [0, 0.1) is 0 Å². The minimum Gasteiger partial charge on any atom is -0.508 e. The molecule has 26 heavy (non-hydrogen) atoms. The Morgan fingerprint density at radius 2 is 2.00 bits per heavy atom. The molecule has 0 atom stereocenters. The first-order chi connectivity index (χ1) is 12.5. The number of anilines is 1. The molecule has 4 rings (SSSR count). The summed E-state index contributed by atoms with van der Waals surface area (Å²) in [4.78, 5) is 4.45. The maximum atomic E-state index is 9.73. The van der Waals surface area contributed by atoms with Crippen LogP contribution in [0.15, 0.2) is 46.0 Å². The Kier molecular flexibility index (Phi) is 3.92. The topological polar surface area (TPSA) is 108 Å². The van der Waals surface area contributed by atoms with Crippen LogP contribution in [0.2, 0.25) is 0 Å². The number of hydrazone groups is 1. The number of halogens is 1. The molecule has 0 fully saturated rings. The first-order valence-corrected chi connectivity index (χ1v) is 8.41. The Morgan fingerprint density at radius 3 is 2.85 bits per heavy atom. The van der Waals surface area contributed by atoms with Crippen molar-refractivity contribution in [3.8, 4) is 11.5 Å². The third kappa shape index (κ3) is 2.82. The first kappa shape index (κ1) is 16.3. The van der Waals surface area contributed by atoms with Gasteiger partial charge in [-0.15, -0.1) is 10.2 Å². The number of phenols is 2. The average Bonchev–Trinajstić information content (AvgIpc) is 2.90. The number of nitrogens with zero attached hydrogens (tertiary/aromatic N) is 5. The number of aromatic hydroxyl groups is 2. The maximum Gasteiger partial charge on any atom is 0.265 e. The highest BCUT2D eigenvalue weighted by Gasteiger charge is 2.12. The zero-order chi connectivity index (χ0) is 18.3. The molecule has 0 bridgehead atoms. The van der Waals surface area contributed by atoms with Gasteiger partial charge in [0.25, 0.3) is 5.95 Å². The van der Waals surface area contributed by atoms with E-state index in [0.29, 0.717) is 16.7 Å². The molecule has 4 aromatic rings. The van der Waals surface area contributed by atoms with Crippen LogP contribution in [0.5, 0.6) is 11.5 Å². The number of phenolic OH excluding ortho intramolecular Hbond substituents is 2. The Balaban J connectivity index is 1.67. The summed E-state index contributed by atoms with van der Waals surface area (Å²) in [7, 11) is 1.91. The van der Waals surface area contributed by atoms with E-state index in [1.54, 1.807) is 0 Å². The van der Waals surface area contributed by atoms with Gasteiger partial charge in [0.05, 0.1) is 11.7 Å². The molecule has 130 valence electrons. The predicted molar refractivity (Wildman–Crippen MR) is 102 cm³/mol. The molecule has 0 saturated carbocycles. The largest absolute Gasteiger partial charge is 0.508 e. The van der Waals surface area contributed by atoms with E-state index in [9.17, 15) is 10.2 Å². The lowest BCUT2D eigenvalue weighted by Crippen LogP contribution is -2.00. The van der Waals surface area contributed by atoms with Crippen LogP contribution in [0.4, 0.5) is 5.95 Å². The Labute approximate surface area is 155 Å². The quantitative estimate of drug-likeness (QED) is 0.271. The molecule has 2 heterocycles. The molecule has 2 aromatic heterocycles. The van der Waals surface area contributed by atoms with Gasteiger partial charge in [0.2, 0.25) is 0 Å². The summed E-state index contributed by atoms with van der Waals surface area (Å²) in [6, 6.07) is 10.1. The molecule has 9 heteroatoms. The molecular formula is C17H13BrN6O2. The third-order valence-corrected chi connectivity index (χ3v) is 4.43. The van der Waals surface area contributed by atoms with Crippen molar-refractivity contribution in [2.45, 2.75) is 0 Å². The second-order valence-corrected chi connectivity index (χ2v) is 6.56. The summed E-state index contributed by atoms with van der Waals surface area (Å²) in [6.07, 6.45) is 1.36. The smallest absolute Gasteiger partial charge is 0.265 e. The Bertz CT molecular complexity index is 1170. The zero-order valence-electron chi connectivity index (χ0n) is 13.5. The molecule has 0 unspecified atom stereocenters. The number of nitrogens with one attached hydrogen (secondary N) is 1. The highest BCUT2D eigenvalue weighted by molar-refractivity contribution is 9.10. The van der Waals surface area contributed by atoms with E-state index in [1.807, 2.05) is 29.8 Å². The van der Waals surface area contributed by atoms with Crippen molar-refractivity contribution < 1.29 is 10.2 Å². The van der Waals surface area contributed by atoms with E-state index >= 15 is 0 Å². The van der Waals surface area contributed by atoms with Gasteiger partial charge in [-0.3, -0.25) is 0 Å². The molecule has 0 aliphatic carbocycles. The Hall–Kier alpha value is -3.20. The van der Waals surface area contributed by atoms with Crippen LogP contribution in [0.3, 0.4) is 0 Å². The summed E-state index contributed by atoms with van der Waals surface area (Å²) in [5.74, 6) is 0.255. The summed E-state index contributed by atoms with van der Waals surface area (Å²) in [5.41, 5.74) is 5.41. The number of aromatic nitrogens is 4. The van der Waals surface area contributed by atoms with Gasteiger partial charge in [0.1, 0.15) is 17.0 Å². The van der Waals surface area contributed by atoms with Crippen LogP contribution in [-0.4, -0.2) is 36.2 Å². The normalized spacial score (nSPS) is 11.6. The highest BCUT2D eigenvalue weighted by Crippen LogP contribution is 2.28. The lowest BCUT2D eigenvalue weighted by atomic mass is 10.2. The van der Waals surface area contributed by atoms with Crippen LogP contribution >= 0.6 is 15.9 Å². The van der Waals surface area contributed by atoms with Gasteiger partial charge < -0.3 is 14.8 Å². The molecule has 2 aromatic carbocycles. The van der Waals surface area contributed by atoms with Gasteiger partial charge in [0.15, 0.2) is 5.65 Å². The summed E-state index contributed by atoms with van der Waals surface area (Å²) < 4.78 is 2.89. The second kappa shape index (κ2) is 6.26. The third-order valence-electron chi connectivity index (χ3n) is 3.94. The van der Waals surface area contributed by atoms with Gasteiger partial charge in [-0.2, -0.15) is 10.1 Å². The van der Waals surface area contributed by atoms with Crippen molar-refractivity contribution in [1.82, 2.24) is 19.7 Å². The zero-order valence-corrected chi connectivity index (χ0v) is 15.1. The van der Waals surface area contributed by atoms with Crippen LogP contribution in [0.25, 0.3) is 22.1 Å². The van der Waals surface area contributed by atoms with Crippen molar-refractivity contribution in [2.75, 3.05) is 5.43 Å². The second-order valence-electron chi connectivity index (χ2n) is 5.64. The summed E-state index contributed by atoms with van der Waals surface area (Å²) >= 11 is 3.46. The minimum atomic E-state index is 0.00195. The molecule has 0 radical (unpaired) electrons. The average molecular weight is 413 g/mol. The molecule has 0 spiro atoms. The Morgan fingerprint density at radius 1 is 1.15 bits per heavy atom. The number of rotatable bonds is 3. The van der Waals surface area contributed by atoms with Gasteiger partial charge >= 0.3 is 0 Å². The number of benzene rings is 2. The summed E-state index contributed by atoms with van der Waals surface area (Å²) in [5, 5.41) is 32.4. The van der Waals surface area contributed by atoms with E-state index < -0.39 is 0 Å². The molecule has 0 aliphatic heterocycles. The van der Waals surface area contributed by atoms with Crippen molar-refractivity contribution in [2.24, 2.45) is 12.1 Å². The summed E-state index contributed by atoms with van der Waals surface area (Å²) in [6.45, 7) is 0. The number of fused-ring (bicyclic) bond motifs is 3. The number of hydrogen-bond donors (Lipinski definition) is 3. The lowest BCUT2D eigenvalue weighted by Gasteiger charge is -2.01. The van der Waals surface area contributed by atoms with Crippen molar-refractivity contribution in [3.05, 3.63) is 46.4 Å². The highest BCUT2D eigenvalue weighted by atomic mass is 79.9. The SMILES string of the molecule is Cn1c2ccc(Br)cc2c2nnc(NN=Cc3cc(O)ccc3O)nc21. The minimum absolute atomic E-state index is 0.00195. The molecule has 0 amide bonds.